The van der Waals surface area contributed by atoms with Crippen LogP contribution >= 0.6 is 11.3 Å². The lowest BCUT2D eigenvalue weighted by Crippen LogP contribution is -2.15. The number of aromatic nitrogens is 3. The predicted octanol–water partition coefficient (Wildman–Crippen LogP) is 1.24. The van der Waals surface area contributed by atoms with Gasteiger partial charge in [-0.3, -0.25) is 4.68 Å². The number of ether oxygens (including phenoxy) is 1. The van der Waals surface area contributed by atoms with Gasteiger partial charge in [-0.2, -0.15) is 10.1 Å². The Morgan fingerprint density at radius 2 is 2.21 bits per heavy atom. The summed E-state index contributed by atoms with van der Waals surface area (Å²) in [5, 5.41) is 8.47. The molecule has 6 nitrogen and oxygen atoms in total. The van der Waals surface area contributed by atoms with E-state index in [1.54, 1.807) is 24.6 Å². The van der Waals surface area contributed by atoms with Gasteiger partial charge in [-0.05, 0) is 6.07 Å². The SMILES string of the molecule is COc1nc(N(C)C)sc1CNCc1ccnn1C. The molecule has 0 aromatic carbocycles. The smallest absolute Gasteiger partial charge is 0.230 e. The Morgan fingerprint density at radius 3 is 2.79 bits per heavy atom. The molecular weight excluding hydrogens is 262 g/mol. The summed E-state index contributed by atoms with van der Waals surface area (Å²) < 4.78 is 7.17. The van der Waals surface area contributed by atoms with E-state index in [9.17, 15) is 0 Å². The van der Waals surface area contributed by atoms with Crippen LogP contribution in [-0.4, -0.2) is 36.0 Å². The van der Waals surface area contributed by atoms with Gasteiger partial charge in [0.05, 0.1) is 17.7 Å². The summed E-state index contributed by atoms with van der Waals surface area (Å²) in [7, 11) is 7.55. The molecule has 2 aromatic heterocycles. The number of anilines is 1. The van der Waals surface area contributed by atoms with Crippen LogP contribution in [0.3, 0.4) is 0 Å². The van der Waals surface area contributed by atoms with Crippen molar-refractivity contribution in [2.24, 2.45) is 7.05 Å². The summed E-state index contributed by atoms with van der Waals surface area (Å²) in [6.07, 6.45) is 1.80. The molecule has 0 bridgehead atoms. The van der Waals surface area contributed by atoms with E-state index in [2.05, 4.69) is 15.4 Å². The topological polar surface area (TPSA) is 55.2 Å². The van der Waals surface area contributed by atoms with Crippen LogP contribution in [0.2, 0.25) is 0 Å². The van der Waals surface area contributed by atoms with Crippen LogP contribution in [0.15, 0.2) is 12.3 Å². The number of methoxy groups -OCH3 is 1. The Balaban J connectivity index is 1.97. The van der Waals surface area contributed by atoms with Gasteiger partial charge < -0.3 is 15.0 Å². The third-order valence-corrected chi connectivity index (χ3v) is 3.94. The van der Waals surface area contributed by atoms with Gasteiger partial charge in [0, 0.05) is 40.4 Å². The van der Waals surface area contributed by atoms with Gasteiger partial charge in [-0.1, -0.05) is 11.3 Å². The molecule has 1 N–H and O–H groups in total. The summed E-state index contributed by atoms with van der Waals surface area (Å²) in [5.41, 5.74) is 1.15. The Labute approximate surface area is 117 Å². The van der Waals surface area contributed by atoms with Crippen LogP contribution in [0, 0.1) is 0 Å². The Hall–Kier alpha value is -1.60. The number of rotatable bonds is 6. The van der Waals surface area contributed by atoms with Gasteiger partial charge in [0.15, 0.2) is 5.13 Å². The molecular formula is C12H19N5OS. The van der Waals surface area contributed by atoms with Crippen molar-refractivity contribution in [3.8, 4) is 5.88 Å². The van der Waals surface area contributed by atoms with E-state index in [-0.39, 0.29) is 0 Å². The number of nitrogens with zero attached hydrogens (tertiary/aromatic N) is 4. The van der Waals surface area contributed by atoms with E-state index in [0.29, 0.717) is 5.88 Å². The molecule has 0 saturated heterocycles. The first-order valence-corrected chi connectivity index (χ1v) is 6.82. The number of aryl methyl sites for hydroxylation is 1. The maximum atomic E-state index is 5.30. The minimum atomic E-state index is 0.700. The first-order chi connectivity index (χ1) is 9.11. The molecule has 0 amide bonds. The lowest BCUT2D eigenvalue weighted by atomic mass is 10.4. The third kappa shape index (κ3) is 3.24. The zero-order valence-electron chi connectivity index (χ0n) is 11.7. The molecule has 2 heterocycles. The standard InChI is InChI=1S/C12H19N5OS/c1-16(2)12-15-11(18-4)10(19-12)8-13-7-9-5-6-14-17(9)3/h5-6,13H,7-8H2,1-4H3. The highest BCUT2D eigenvalue weighted by atomic mass is 32.1. The van der Waals surface area contributed by atoms with Crippen molar-refractivity contribution in [2.75, 3.05) is 26.1 Å². The highest BCUT2D eigenvalue weighted by Crippen LogP contribution is 2.30. The lowest BCUT2D eigenvalue weighted by molar-refractivity contribution is 0.394. The van der Waals surface area contributed by atoms with Gasteiger partial charge in [-0.15, -0.1) is 0 Å². The lowest BCUT2D eigenvalue weighted by Gasteiger charge is -2.05. The summed E-state index contributed by atoms with van der Waals surface area (Å²) in [5.74, 6) is 0.700. The third-order valence-electron chi connectivity index (χ3n) is 2.74. The molecule has 2 rings (SSSR count). The zero-order valence-corrected chi connectivity index (χ0v) is 12.5. The molecule has 0 radical (unpaired) electrons. The fraction of sp³-hybridized carbons (Fsp3) is 0.500. The van der Waals surface area contributed by atoms with Gasteiger partial charge in [-0.25, -0.2) is 0 Å². The number of hydrogen-bond acceptors (Lipinski definition) is 6. The average Bonchev–Trinajstić information content (AvgIpc) is 2.96. The summed E-state index contributed by atoms with van der Waals surface area (Å²) in [6, 6.07) is 2.00. The maximum Gasteiger partial charge on any atom is 0.230 e. The fourth-order valence-corrected chi connectivity index (χ4v) is 2.59. The fourth-order valence-electron chi connectivity index (χ4n) is 1.67. The van der Waals surface area contributed by atoms with Crippen molar-refractivity contribution in [3.05, 3.63) is 22.8 Å². The van der Waals surface area contributed by atoms with Crippen LogP contribution in [-0.2, 0) is 20.1 Å². The van der Waals surface area contributed by atoms with Crippen molar-refractivity contribution in [2.45, 2.75) is 13.1 Å². The molecule has 0 unspecified atom stereocenters. The van der Waals surface area contributed by atoms with Gasteiger partial charge in [0.25, 0.3) is 0 Å². The van der Waals surface area contributed by atoms with Gasteiger partial charge in [0.2, 0.25) is 5.88 Å². The first-order valence-electron chi connectivity index (χ1n) is 6.00. The molecule has 2 aromatic rings. The molecule has 0 fully saturated rings. The number of nitrogens with one attached hydrogen (secondary N) is 1. The van der Waals surface area contributed by atoms with E-state index in [1.165, 1.54) is 0 Å². The van der Waals surface area contributed by atoms with Crippen LogP contribution < -0.4 is 15.0 Å². The van der Waals surface area contributed by atoms with Crippen molar-refractivity contribution in [1.29, 1.82) is 0 Å². The highest BCUT2D eigenvalue weighted by molar-refractivity contribution is 7.15. The van der Waals surface area contributed by atoms with E-state index in [1.807, 2.05) is 36.8 Å². The molecule has 0 aliphatic rings. The van der Waals surface area contributed by atoms with E-state index in [0.717, 1.165) is 28.8 Å². The molecule has 104 valence electrons. The quantitative estimate of drug-likeness (QED) is 0.863. The van der Waals surface area contributed by atoms with Crippen LogP contribution in [0.25, 0.3) is 0 Å². The second-order valence-corrected chi connectivity index (χ2v) is 5.44. The Morgan fingerprint density at radius 1 is 1.42 bits per heavy atom. The predicted molar refractivity (Wildman–Crippen MR) is 76.7 cm³/mol. The largest absolute Gasteiger partial charge is 0.480 e. The summed E-state index contributed by atoms with van der Waals surface area (Å²) in [6.45, 7) is 1.51. The van der Waals surface area contributed by atoms with Crippen molar-refractivity contribution in [1.82, 2.24) is 20.1 Å². The van der Waals surface area contributed by atoms with Crippen LogP contribution in [0.5, 0.6) is 5.88 Å². The molecule has 0 saturated carbocycles. The van der Waals surface area contributed by atoms with E-state index in [4.69, 9.17) is 4.74 Å². The average molecular weight is 281 g/mol. The van der Waals surface area contributed by atoms with E-state index < -0.39 is 0 Å². The maximum absolute atomic E-state index is 5.30. The monoisotopic (exact) mass is 281 g/mol. The first kappa shape index (κ1) is 13.8. The molecule has 0 aliphatic heterocycles. The highest BCUT2D eigenvalue weighted by Gasteiger charge is 2.12. The number of thiazole rings is 1. The van der Waals surface area contributed by atoms with Crippen LogP contribution in [0.4, 0.5) is 5.13 Å². The van der Waals surface area contributed by atoms with Gasteiger partial charge >= 0.3 is 0 Å². The summed E-state index contributed by atoms with van der Waals surface area (Å²) in [4.78, 5) is 7.51. The zero-order chi connectivity index (χ0) is 13.8. The normalized spacial score (nSPS) is 10.7. The molecule has 0 atom stereocenters. The second-order valence-electron chi connectivity index (χ2n) is 4.37. The van der Waals surface area contributed by atoms with Crippen molar-refractivity contribution in [3.63, 3.8) is 0 Å². The van der Waals surface area contributed by atoms with Crippen LogP contribution in [0.1, 0.15) is 10.6 Å². The summed E-state index contributed by atoms with van der Waals surface area (Å²) >= 11 is 1.64. The molecule has 0 aliphatic carbocycles. The Bertz CT molecular complexity index is 534. The molecule has 19 heavy (non-hydrogen) atoms. The van der Waals surface area contributed by atoms with Gasteiger partial charge in [0.1, 0.15) is 0 Å². The van der Waals surface area contributed by atoms with Crippen molar-refractivity contribution >= 4 is 16.5 Å². The Kier molecular flexibility index (Phi) is 4.39. The van der Waals surface area contributed by atoms with Crippen molar-refractivity contribution < 1.29 is 4.74 Å². The molecule has 7 heteroatoms. The van der Waals surface area contributed by atoms with E-state index >= 15 is 0 Å². The number of hydrogen-bond donors (Lipinski definition) is 1. The molecule has 0 spiro atoms. The minimum absolute atomic E-state index is 0.700. The second kappa shape index (κ2) is 6.03. The minimum Gasteiger partial charge on any atom is -0.480 e.